The first-order chi connectivity index (χ1) is 22.0. The van der Waals surface area contributed by atoms with E-state index in [9.17, 15) is 14.4 Å². The third-order valence-electron chi connectivity index (χ3n) is 8.71. The van der Waals surface area contributed by atoms with Gasteiger partial charge in [-0.25, -0.2) is 15.0 Å². The summed E-state index contributed by atoms with van der Waals surface area (Å²) in [7, 11) is 0. The van der Waals surface area contributed by atoms with Crippen LogP contribution in [0.3, 0.4) is 0 Å². The van der Waals surface area contributed by atoms with Crippen molar-refractivity contribution in [3.05, 3.63) is 70.3 Å². The summed E-state index contributed by atoms with van der Waals surface area (Å²) in [6.07, 6.45) is 7.99. The Labute approximate surface area is 271 Å². The number of hydrogen-bond acceptors (Lipinski definition) is 11. The van der Waals surface area contributed by atoms with Gasteiger partial charge in [-0.3, -0.25) is 24.0 Å². The molecule has 1 aliphatic carbocycles. The van der Waals surface area contributed by atoms with Crippen LogP contribution in [-0.4, -0.2) is 74.4 Å². The second-order valence-corrected chi connectivity index (χ2v) is 12.8. The number of benzene rings is 1. The molecule has 1 N–H and O–H groups in total. The minimum Gasteiger partial charge on any atom is -0.339 e. The molecular weight excluding hydrogens is 656 g/mol. The molecule has 5 heterocycles. The lowest BCUT2D eigenvalue weighted by Crippen LogP contribution is -2.46. The van der Waals surface area contributed by atoms with Crippen LogP contribution in [-0.2, 0) is 22.6 Å². The fourth-order valence-corrected chi connectivity index (χ4v) is 6.92. The Morgan fingerprint density at radius 3 is 2.50 bits per heavy atom. The average Bonchev–Trinajstić information content (AvgIpc) is 3.26. The van der Waals surface area contributed by atoms with Crippen LogP contribution in [0.15, 0.2) is 46.0 Å². The number of aryl methyl sites for hydroxylation is 3. The lowest BCUT2D eigenvalue weighted by molar-refractivity contribution is -0.138. The van der Waals surface area contributed by atoms with Gasteiger partial charge >= 0.3 is 0 Å². The Morgan fingerprint density at radius 2 is 1.80 bits per heavy atom. The third kappa shape index (κ3) is 5.33. The summed E-state index contributed by atoms with van der Waals surface area (Å²) in [6.45, 7) is 6.77. The van der Waals surface area contributed by atoms with E-state index in [2.05, 4.69) is 56.4 Å². The maximum atomic E-state index is 14.2. The van der Waals surface area contributed by atoms with Crippen molar-refractivity contribution in [2.75, 3.05) is 5.32 Å². The molecule has 7 rings (SSSR count). The van der Waals surface area contributed by atoms with Crippen LogP contribution in [0.1, 0.15) is 53.4 Å². The minimum absolute atomic E-state index is 0.162. The smallest absolute Gasteiger partial charge is 0.248 e. The SMILES string of the molecule is CC(=O)c1nn(CC(=O)N2[C@H](C(=O)Nc3cncc(Br)n3)C[C@@]3(Cc4nc(C)no4)C[C@@H]23)c2c(C)cc(-c3cnc(C)nc3)cc12. The van der Waals surface area contributed by atoms with Gasteiger partial charge in [-0.15, -0.1) is 0 Å². The van der Waals surface area contributed by atoms with Crippen LogP contribution in [0.4, 0.5) is 5.82 Å². The summed E-state index contributed by atoms with van der Waals surface area (Å²) in [5.74, 6) is 1.04. The summed E-state index contributed by atoms with van der Waals surface area (Å²) in [4.78, 5) is 63.6. The largest absolute Gasteiger partial charge is 0.339 e. The number of likely N-dealkylation sites (tertiary alicyclic amines) is 1. The van der Waals surface area contributed by atoms with Crippen molar-refractivity contribution in [3.8, 4) is 11.1 Å². The van der Waals surface area contributed by atoms with Gasteiger partial charge < -0.3 is 14.7 Å². The standard InChI is InChI=1S/C31H29BrN10O4/c1-15-5-19(20-10-34-17(3)35-11-20)6-21-28(16(2)43)39-41(29(15)21)14-27(44)42-22(30(45)38-25-13-33-12-24(32)37-25)7-31(8-23(31)42)9-26-36-18(4)40-46-26/h5-6,10-13,22-23H,7-9,14H2,1-4H3,(H,37,38,45)/t22-,23+,31-/m0/s1. The summed E-state index contributed by atoms with van der Waals surface area (Å²) in [6, 6.07) is 2.86. The van der Waals surface area contributed by atoms with Gasteiger partial charge in [0.2, 0.25) is 17.7 Å². The molecule has 2 fully saturated rings. The van der Waals surface area contributed by atoms with Crippen LogP contribution in [0.2, 0.25) is 0 Å². The van der Waals surface area contributed by atoms with Gasteiger partial charge in [0.1, 0.15) is 28.7 Å². The van der Waals surface area contributed by atoms with E-state index in [1.54, 1.807) is 28.9 Å². The number of amides is 2. The summed E-state index contributed by atoms with van der Waals surface area (Å²) >= 11 is 3.28. The third-order valence-corrected chi connectivity index (χ3v) is 9.09. The molecule has 0 radical (unpaired) electrons. The van der Waals surface area contributed by atoms with Crippen LogP contribution < -0.4 is 5.32 Å². The van der Waals surface area contributed by atoms with E-state index in [-0.39, 0.29) is 47.1 Å². The van der Waals surface area contributed by atoms with Crippen LogP contribution in [0, 0.1) is 26.2 Å². The fraction of sp³-hybridized carbons (Fsp3) is 0.355. The molecular formula is C31H29BrN10O4. The molecule has 46 heavy (non-hydrogen) atoms. The van der Waals surface area contributed by atoms with E-state index in [0.717, 1.165) is 16.7 Å². The second kappa shape index (κ2) is 11.2. The number of anilines is 1. The Balaban J connectivity index is 1.22. The van der Waals surface area contributed by atoms with Crippen molar-refractivity contribution >= 4 is 50.2 Å². The number of carbonyl (C=O) groups is 3. The first-order valence-corrected chi connectivity index (χ1v) is 15.5. The predicted octanol–water partition coefficient (Wildman–Crippen LogP) is 3.80. The molecule has 234 valence electrons. The summed E-state index contributed by atoms with van der Waals surface area (Å²) < 4.78 is 7.44. The highest BCUT2D eigenvalue weighted by Crippen LogP contribution is 2.61. The molecule has 5 aromatic rings. The van der Waals surface area contributed by atoms with Gasteiger partial charge in [0, 0.05) is 48.1 Å². The van der Waals surface area contributed by atoms with E-state index in [0.29, 0.717) is 52.3 Å². The Kier molecular flexibility index (Phi) is 7.22. The highest BCUT2D eigenvalue weighted by atomic mass is 79.9. The molecule has 3 atom stereocenters. The highest BCUT2D eigenvalue weighted by molar-refractivity contribution is 9.10. The quantitative estimate of drug-likeness (QED) is 0.235. The van der Waals surface area contributed by atoms with Gasteiger partial charge in [-0.1, -0.05) is 5.16 Å². The maximum absolute atomic E-state index is 14.2. The van der Waals surface area contributed by atoms with Crippen molar-refractivity contribution in [2.24, 2.45) is 5.41 Å². The fourth-order valence-electron chi connectivity index (χ4n) is 6.61. The number of hydrogen-bond donors (Lipinski definition) is 1. The molecule has 2 aliphatic rings. The van der Waals surface area contributed by atoms with Gasteiger partial charge in [0.15, 0.2) is 17.4 Å². The second-order valence-electron chi connectivity index (χ2n) is 12.0. The number of nitrogens with zero attached hydrogens (tertiary/aromatic N) is 9. The zero-order valence-electron chi connectivity index (χ0n) is 25.5. The Bertz CT molecular complexity index is 2040. The van der Waals surface area contributed by atoms with Gasteiger partial charge in [-0.2, -0.15) is 10.1 Å². The number of aromatic nitrogens is 8. The molecule has 2 amide bonds. The maximum Gasteiger partial charge on any atom is 0.248 e. The van der Waals surface area contributed by atoms with E-state index in [1.807, 2.05) is 26.0 Å². The number of fused-ring (bicyclic) bond motifs is 2. The number of piperidine rings is 1. The lowest BCUT2D eigenvalue weighted by Gasteiger charge is -2.27. The normalized spacial score (nSPS) is 20.2. The lowest BCUT2D eigenvalue weighted by atomic mass is 9.95. The van der Waals surface area contributed by atoms with Crippen LogP contribution >= 0.6 is 15.9 Å². The first kappa shape index (κ1) is 29.8. The number of carbonyl (C=O) groups excluding carboxylic acids is 3. The van der Waals surface area contributed by atoms with Crippen LogP contribution in [0.25, 0.3) is 22.0 Å². The van der Waals surface area contributed by atoms with Crippen molar-refractivity contribution < 1.29 is 18.9 Å². The van der Waals surface area contributed by atoms with Crippen molar-refractivity contribution in [1.82, 2.24) is 44.8 Å². The Hall–Kier alpha value is -4.92. The number of rotatable bonds is 8. The monoisotopic (exact) mass is 684 g/mol. The van der Waals surface area contributed by atoms with E-state index in [1.165, 1.54) is 19.3 Å². The van der Waals surface area contributed by atoms with E-state index < -0.39 is 6.04 Å². The molecule has 1 aromatic carbocycles. The molecule has 0 unspecified atom stereocenters. The number of nitrogens with one attached hydrogen (secondary N) is 1. The molecule has 0 spiro atoms. The first-order valence-electron chi connectivity index (χ1n) is 14.7. The number of halogens is 1. The minimum atomic E-state index is -0.778. The van der Waals surface area contributed by atoms with Crippen molar-refractivity contribution in [2.45, 2.75) is 65.6 Å². The predicted molar refractivity (Wildman–Crippen MR) is 167 cm³/mol. The molecule has 14 nitrogen and oxygen atoms in total. The summed E-state index contributed by atoms with van der Waals surface area (Å²) in [5, 5.41) is 12.0. The van der Waals surface area contributed by atoms with E-state index >= 15 is 0 Å². The van der Waals surface area contributed by atoms with Gasteiger partial charge in [0.05, 0.1) is 17.9 Å². The zero-order valence-corrected chi connectivity index (χ0v) is 27.1. The van der Waals surface area contributed by atoms with Crippen LogP contribution in [0.5, 0.6) is 0 Å². The summed E-state index contributed by atoms with van der Waals surface area (Å²) in [5.41, 5.74) is 3.02. The van der Waals surface area contributed by atoms with Gasteiger partial charge in [0.25, 0.3) is 0 Å². The molecule has 15 heteroatoms. The number of ketones is 1. The molecule has 1 aliphatic heterocycles. The topological polar surface area (TPSA) is 175 Å². The highest BCUT2D eigenvalue weighted by Gasteiger charge is 2.67. The number of Topliss-reactive ketones (excluding diaryl/α,β-unsaturated/α-hetero) is 1. The van der Waals surface area contributed by atoms with Gasteiger partial charge in [-0.05, 0) is 72.8 Å². The van der Waals surface area contributed by atoms with E-state index in [4.69, 9.17) is 4.52 Å². The molecule has 1 saturated carbocycles. The Morgan fingerprint density at radius 1 is 1.02 bits per heavy atom. The molecule has 0 bridgehead atoms. The molecule has 4 aromatic heterocycles. The average molecular weight is 686 g/mol. The van der Waals surface area contributed by atoms with Crippen molar-refractivity contribution in [3.63, 3.8) is 0 Å². The zero-order chi connectivity index (χ0) is 32.3. The van der Waals surface area contributed by atoms with Crippen molar-refractivity contribution in [1.29, 1.82) is 0 Å². The molecule has 1 saturated heterocycles.